The number of phenols is 1. The number of nitrogens with zero attached hydrogens (tertiary/aromatic N) is 3. The van der Waals surface area contributed by atoms with E-state index in [1.54, 1.807) is 30.7 Å². The molecule has 4 rings (SSSR count). The third kappa shape index (κ3) is 3.11. The predicted octanol–water partition coefficient (Wildman–Crippen LogP) is 4.42. The number of pyridine rings is 1. The zero-order valence-electron chi connectivity index (χ0n) is 13.7. The van der Waals surface area contributed by atoms with Crippen molar-refractivity contribution in [3.63, 3.8) is 0 Å². The van der Waals surface area contributed by atoms with E-state index < -0.39 is 11.6 Å². The number of halogens is 2. The van der Waals surface area contributed by atoms with E-state index in [9.17, 15) is 14.3 Å². The van der Waals surface area contributed by atoms with Crippen LogP contribution in [0.5, 0.6) is 5.75 Å². The standard InChI is InChI=1S/C20H11ClFN3O2/c21-19-17(26)6-4-13(22)18(19)20(27)11-3-5-14-15(8-11)25-16(10-24-14)12-2-1-7-23-9-12/h1-10,26H. The number of fused-ring (bicyclic) bond motifs is 1. The highest BCUT2D eigenvalue weighted by Crippen LogP contribution is 2.31. The number of carbonyl (C=O) groups excluding carboxylic acids is 1. The van der Waals surface area contributed by atoms with Crippen LogP contribution < -0.4 is 0 Å². The molecule has 0 amide bonds. The minimum absolute atomic E-state index is 0.187. The van der Waals surface area contributed by atoms with Crippen LogP contribution in [0.25, 0.3) is 22.3 Å². The van der Waals surface area contributed by atoms with Crippen molar-refractivity contribution in [2.75, 3.05) is 0 Å². The molecule has 7 heteroatoms. The first-order valence-corrected chi connectivity index (χ1v) is 8.31. The first-order chi connectivity index (χ1) is 13.0. The van der Waals surface area contributed by atoms with Gasteiger partial charge in [0, 0.05) is 23.5 Å². The Morgan fingerprint density at radius 1 is 1.07 bits per heavy atom. The molecule has 132 valence electrons. The number of rotatable bonds is 3. The molecule has 4 aromatic rings. The molecular formula is C20H11ClFN3O2. The lowest BCUT2D eigenvalue weighted by atomic mass is 10.0. The monoisotopic (exact) mass is 379 g/mol. The minimum Gasteiger partial charge on any atom is -0.506 e. The lowest BCUT2D eigenvalue weighted by molar-refractivity contribution is 0.103. The molecule has 0 atom stereocenters. The summed E-state index contributed by atoms with van der Waals surface area (Å²) in [5, 5.41) is 9.35. The topological polar surface area (TPSA) is 76.0 Å². The molecule has 0 saturated carbocycles. The Labute approximate surface area is 158 Å². The average molecular weight is 380 g/mol. The van der Waals surface area contributed by atoms with E-state index in [2.05, 4.69) is 15.0 Å². The maximum Gasteiger partial charge on any atom is 0.197 e. The molecule has 0 saturated heterocycles. The van der Waals surface area contributed by atoms with Crippen molar-refractivity contribution in [1.82, 2.24) is 15.0 Å². The van der Waals surface area contributed by atoms with Crippen LogP contribution in [0.4, 0.5) is 4.39 Å². The van der Waals surface area contributed by atoms with E-state index in [1.807, 2.05) is 6.07 Å². The second-order valence-electron chi connectivity index (χ2n) is 5.79. The molecule has 1 N–H and O–H groups in total. The first kappa shape index (κ1) is 17.1. The average Bonchev–Trinajstić information content (AvgIpc) is 2.71. The molecule has 5 nitrogen and oxygen atoms in total. The lowest BCUT2D eigenvalue weighted by Gasteiger charge is -2.08. The van der Waals surface area contributed by atoms with Gasteiger partial charge < -0.3 is 5.11 Å². The third-order valence-corrected chi connectivity index (χ3v) is 4.44. The molecule has 0 bridgehead atoms. The highest BCUT2D eigenvalue weighted by atomic mass is 35.5. The summed E-state index contributed by atoms with van der Waals surface area (Å²) in [6.45, 7) is 0. The van der Waals surface area contributed by atoms with E-state index in [4.69, 9.17) is 11.6 Å². The summed E-state index contributed by atoms with van der Waals surface area (Å²) in [6.07, 6.45) is 4.93. The quantitative estimate of drug-likeness (QED) is 0.533. The summed E-state index contributed by atoms with van der Waals surface area (Å²) in [4.78, 5) is 25.6. The van der Waals surface area contributed by atoms with Crippen molar-refractivity contribution < 1.29 is 14.3 Å². The normalized spacial score (nSPS) is 10.9. The van der Waals surface area contributed by atoms with Gasteiger partial charge in [-0.25, -0.2) is 9.37 Å². The number of aromatic hydroxyl groups is 1. The van der Waals surface area contributed by atoms with Gasteiger partial charge in [-0.2, -0.15) is 0 Å². The Kier molecular flexibility index (Phi) is 4.25. The molecule has 0 radical (unpaired) electrons. The van der Waals surface area contributed by atoms with E-state index in [0.717, 1.165) is 17.7 Å². The Hall–Kier alpha value is -3.38. The number of aromatic nitrogens is 3. The van der Waals surface area contributed by atoms with Crippen LogP contribution in [0, 0.1) is 5.82 Å². The molecule has 2 aromatic carbocycles. The molecule has 2 heterocycles. The van der Waals surface area contributed by atoms with Crippen molar-refractivity contribution in [3.05, 3.63) is 83.0 Å². The highest BCUT2D eigenvalue weighted by Gasteiger charge is 2.21. The maximum atomic E-state index is 14.1. The smallest absolute Gasteiger partial charge is 0.197 e. The van der Waals surface area contributed by atoms with Gasteiger partial charge in [0.25, 0.3) is 0 Å². The van der Waals surface area contributed by atoms with Gasteiger partial charge >= 0.3 is 0 Å². The van der Waals surface area contributed by atoms with Crippen LogP contribution in [-0.2, 0) is 0 Å². The van der Waals surface area contributed by atoms with Gasteiger partial charge in [-0.3, -0.25) is 14.8 Å². The second kappa shape index (κ2) is 6.74. The van der Waals surface area contributed by atoms with Gasteiger partial charge in [-0.1, -0.05) is 11.6 Å². The Bertz CT molecular complexity index is 1180. The summed E-state index contributed by atoms with van der Waals surface area (Å²) in [5.41, 5.74) is 2.24. The summed E-state index contributed by atoms with van der Waals surface area (Å²) in [6, 6.07) is 10.4. The van der Waals surface area contributed by atoms with E-state index >= 15 is 0 Å². The van der Waals surface area contributed by atoms with E-state index in [1.165, 1.54) is 12.1 Å². The lowest BCUT2D eigenvalue weighted by Crippen LogP contribution is -2.06. The Morgan fingerprint density at radius 2 is 1.93 bits per heavy atom. The largest absolute Gasteiger partial charge is 0.506 e. The van der Waals surface area contributed by atoms with Gasteiger partial charge in [0.2, 0.25) is 0 Å². The van der Waals surface area contributed by atoms with Crippen LogP contribution in [0.15, 0.2) is 61.1 Å². The molecule has 0 unspecified atom stereocenters. The van der Waals surface area contributed by atoms with Crippen molar-refractivity contribution in [1.29, 1.82) is 0 Å². The number of carbonyl (C=O) groups is 1. The van der Waals surface area contributed by atoms with Gasteiger partial charge in [0.15, 0.2) is 5.78 Å². The fraction of sp³-hybridized carbons (Fsp3) is 0. The summed E-state index contributed by atoms with van der Waals surface area (Å²) in [7, 11) is 0. The summed E-state index contributed by atoms with van der Waals surface area (Å²) < 4.78 is 14.1. The maximum absolute atomic E-state index is 14.1. The summed E-state index contributed by atoms with van der Waals surface area (Å²) in [5.74, 6) is -1.82. The minimum atomic E-state index is -0.807. The molecule has 27 heavy (non-hydrogen) atoms. The first-order valence-electron chi connectivity index (χ1n) is 7.93. The van der Waals surface area contributed by atoms with E-state index in [-0.39, 0.29) is 21.9 Å². The number of benzene rings is 2. The molecular weight excluding hydrogens is 369 g/mol. The molecule has 0 aliphatic heterocycles. The molecule has 0 aliphatic carbocycles. The fourth-order valence-electron chi connectivity index (χ4n) is 2.70. The van der Waals surface area contributed by atoms with Crippen LogP contribution >= 0.6 is 11.6 Å². The Morgan fingerprint density at radius 3 is 2.70 bits per heavy atom. The van der Waals surface area contributed by atoms with E-state index in [0.29, 0.717) is 16.7 Å². The molecule has 0 aliphatic rings. The highest BCUT2D eigenvalue weighted by molar-refractivity contribution is 6.36. The van der Waals surface area contributed by atoms with Crippen LogP contribution in [0.1, 0.15) is 15.9 Å². The van der Waals surface area contributed by atoms with Crippen molar-refractivity contribution in [2.24, 2.45) is 0 Å². The number of hydrogen-bond acceptors (Lipinski definition) is 5. The van der Waals surface area contributed by atoms with Crippen LogP contribution in [0.2, 0.25) is 5.02 Å². The van der Waals surface area contributed by atoms with Crippen molar-refractivity contribution >= 4 is 28.4 Å². The number of ketones is 1. The molecule has 0 spiro atoms. The number of hydrogen-bond donors (Lipinski definition) is 1. The molecule has 2 aromatic heterocycles. The van der Waals surface area contributed by atoms with Crippen molar-refractivity contribution in [2.45, 2.75) is 0 Å². The van der Waals surface area contributed by atoms with Gasteiger partial charge in [-0.05, 0) is 42.5 Å². The Balaban J connectivity index is 1.81. The molecule has 0 fully saturated rings. The second-order valence-corrected chi connectivity index (χ2v) is 6.16. The van der Waals surface area contributed by atoms with Gasteiger partial charge in [-0.15, -0.1) is 0 Å². The zero-order valence-corrected chi connectivity index (χ0v) is 14.5. The predicted molar refractivity (Wildman–Crippen MR) is 99.3 cm³/mol. The van der Waals surface area contributed by atoms with Crippen molar-refractivity contribution in [3.8, 4) is 17.0 Å². The SMILES string of the molecule is O=C(c1ccc2ncc(-c3cccnc3)nc2c1)c1c(F)ccc(O)c1Cl. The fourth-order valence-corrected chi connectivity index (χ4v) is 2.94. The van der Waals surface area contributed by atoms with Crippen LogP contribution in [-0.4, -0.2) is 25.8 Å². The number of phenolic OH excluding ortho intramolecular Hbond substituents is 1. The van der Waals surface area contributed by atoms with Gasteiger partial charge in [0.1, 0.15) is 11.6 Å². The van der Waals surface area contributed by atoms with Crippen LogP contribution in [0.3, 0.4) is 0 Å². The zero-order chi connectivity index (χ0) is 19.0. The summed E-state index contributed by atoms with van der Waals surface area (Å²) >= 11 is 5.92. The third-order valence-electron chi connectivity index (χ3n) is 4.06. The van der Waals surface area contributed by atoms with Gasteiger partial charge in [0.05, 0.1) is 33.5 Å².